The van der Waals surface area contributed by atoms with Crippen molar-refractivity contribution in [3.05, 3.63) is 166 Å². The van der Waals surface area contributed by atoms with Gasteiger partial charge in [0.25, 0.3) is 0 Å². The van der Waals surface area contributed by atoms with Crippen molar-refractivity contribution in [1.29, 1.82) is 0 Å². The van der Waals surface area contributed by atoms with E-state index in [-0.39, 0.29) is 0 Å². The molecule has 1 unspecified atom stereocenters. The molecule has 33 heavy (non-hydrogen) atoms. The second-order valence-electron chi connectivity index (χ2n) is 8.86. The van der Waals surface area contributed by atoms with E-state index >= 15 is 0 Å². The third-order valence-electron chi connectivity index (χ3n) is 6.49. The zero-order chi connectivity index (χ0) is 22.3. The lowest BCUT2D eigenvalue weighted by Gasteiger charge is -2.17. The summed E-state index contributed by atoms with van der Waals surface area (Å²) >= 11 is 0. The Balaban J connectivity index is 1.55. The molecule has 0 saturated heterocycles. The van der Waals surface area contributed by atoms with Crippen molar-refractivity contribution < 1.29 is 0 Å². The summed E-state index contributed by atoms with van der Waals surface area (Å²) in [5.74, 6) is 0.310. The average molecular weight is 426 g/mol. The largest absolute Gasteiger partial charge is 0.0622 e. The maximum absolute atomic E-state index is 3.97. The maximum atomic E-state index is 3.97. The first-order chi connectivity index (χ1) is 16.3. The molecule has 1 atom stereocenters. The lowest BCUT2D eigenvalue weighted by Crippen LogP contribution is -2.08. The molecule has 0 heteroatoms. The van der Waals surface area contributed by atoms with Crippen molar-refractivity contribution in [3.8, 4) is 0 Å². The topological polar surface area (TPSA) is 0 Å². The molecule has 1 aliphatic rings. The molecule has 4 aromatic rings. The zero-order valence-electron chi connectivity index (χ0n) is 19.0. The molecule has 1 radical (unpaired) electrons. The molecule has 0 saturated carbocycles. The quantitative estimate of drug-likeness (QED) is 0.272. The molecule has 0 bridgehead atoms. The van der Waals surface area contributed by atoms with Crippen molar-refractivity contribution in [2.45, 2.75) is 25.7 Å². The van der Waals surface area contributed by atoms with E-state index in [1.165, 1.54) is 39.0 Å². The summed E-state index contributed by atoms with van der Waals surface area (Å²) in [5, 5.41) is 0. The Morgan fingerprint density at radius 2 is 0.879 bits per heavy atom. The fourth-order valence-corrected chi connectivity index (χ4v) is 4.84. The van der Waals surface area contributed by atoms with Crippen LogP contribution in [0.3, 0.4) is 0 Å². The molecule has 0 N–H and O–H groups in total. The molecule has 0 spiro atoms. The molecule has 0 heterocycles. The van der Waals surface area contributed by atoms with Gasteiger partial charge in [0.05, 0.1) is 0 Å². The first kappa shape index (κ1) is 21.2. The summed E-state index contributed by atoms with van der Waals surface area (Å²) in [6, 6.07) is 43.5. The Kier molecular flexibility index (Phi) is 6.63. The summed E-state index contributed by atoms with van der Waals surface area (Å²) < 4.78 is 0. The van der Waals surface area contributed by atoms with E-state index in [1.807, 2.05) is 0 Å². The highest BCUT2D eigenvalue weighted by Crippen LogP contribution is 2.38. The van der Waals surface area contributed by atoms with E-state index < -0.39 is 0 Å². The SMILES string of the molecule is [C]1=C(Cc2ccccc2)C(Cc2ccccc2)=C(Cc2ccccc2)C1Cc1ccccc1. The predicted octanol–water partition coefficient (Wildman–Crippen LogP) is 7.61. The van der Waals surface area contributed by atoms with Crippen LogP contribution in [-0.4, -0.2) is 0 Å². The highest BCUT2D eigenvalue weighted by molar-refractivity contribution is 5.49. The van der Waals surface area contributed by atoms with E-state index in [1.54, 1.807) is 0 Å². The Hall–Kier alpha value is -3.64. The summed E-state index contributed by atoms with van der Waals surface area (Å²) in [6.07, 6.45) is 7.85. The van der Waals surface area contributed by atoms with Crippen LogP contribution in [-0.2, 0) is 25.7 Å². The second-order valence-corrected chi connectivity index (χ2v) is 8.86. The van der Waals surface area contributed by atoms with E-state index in [2.05, 4.69) is 127 Å². The molecular formula is C33H29. The summed E-state index contributed by atoms with van der Waals surface area (Å²) in [7, 11) is 0. The number of allylic oxidation sites excluding steroid dienone is 4. The molecule has 0 nitrogen and oxygen atoms in total. The van der Waals surface area contributed by atoms with Crippen LogP contribution in [0.15, 0.2) is 138 Å². The Morgan fingerprint density at radius 3 is 1.39 bits per heavy atom. The van der Waals surface area contributed by atoms with Gasteiger partial charge in [-0.2, -0.15) is 0 Å². The average Bonchev–Trinajstić information content (AvgIpc) is 3.17. The molecule has 161 valence electrons. The maximum Gasteiger partial charge on any atom is 0.0104 e. The molecule has 5 rings (SSSR count). The van der Waals surface area contributed by atoms with Crippen molar-refractivity contribution in [3.63, 3.8) is 0 Å². The standard InChI is InChI=1S/C33H29/c1-5-13-26(14-6-1)21-30-25-31(22-27-15-7-2-8-16-27)33(24-29-19-11-4-12-20-29)32(30)23-28-17-9-3-10-18-28/h1-20,30H,21-24H2. The van der Waals surface area contributed by atoms with Crippen LogP contribution < -0.4 is 0 Å². The normalized spacial score (nSPS) is 15.5. The van der Waals surface area contributed by atoms with Gasteiger partial charge in [-0.15, -0.1) is 0 Å². The van der Waals surface area contributed by atoms with Gasteiger partial charge in [0.2, 0.25) is 0 Å². The Bertz CT molecular complexity index is 1220. The van der Waals surface area contributed by atoms with Crippen molar-refractivity contribution in [1.82, 2.24) is 0 Å². The first-order valence-corrected chi connectivity index (χ1v) is 11.9. The van der Waals surface area contributed by atoms with Crippen LogP contribution in [0.2, 0.25) is 0 Å². The highest BCUT2D eigenvalue weighted by Gasteiger charge is 2.27. The van der Waals surface area contributed by atoms with Crippen LogP contribution in [0, 0.1) is 12.0 Å². The van der Waals surface area contributed by atoms with Crippen molar-refractivity contribution >= 4 is 0 Å². The lowest BCUT2D eigenvalue weighted by molar-refractivity contribution is 0.718. The minimum Gasteiger partial charge on any atom is -0.0622 e. The monoisotopic (exact) mass is 425 g/mol. The molecule has 1 aliphatic carbocycles. The van der Waals surface area contributed by atoms with Crippen LogP contribution >= 0.6 is 0 Å². The van der Waals surface area contributed by atoms with Crippen LogP contribution in [0.25, 0.3) is 0 Å². The Labute approximate surface area is 198 Å². The molecule has 0 aromatic heterocycles. The summed E-state index contributed by atoms with van der Waals surface area (Å²) in [5.41, 5.74) is 9.85. The third kappa shape index (κ3) is 5.41. The van der Waals surface area contributed by atoms with Crippen LogP contribution in [0.1, 0.15) is 22.3 Å². The van der Waals surface area contributed by atoms with Crippen molar-refractivity contribution in [2.75, 3.05) is 0 Å². The minimum atomic E-state index is 0.310. The zero-order valence-corrected chi connectivity index (χ0v) is 19.0. The van der Waals surface area contributed by atoms with Gasteiger partial charge in [-0.1, -0.05) is 127 Å². The van der Waals surface area contributed by atoms with Crippen LogP contribution in [0.5, 0.6) is 0 Å². The van der Waals surface area contributed by atoms with Gasteiger partial charge in [-0.25, -0.2) is 0 Å². The first-order valence-electron chi connectivity index (χ1n) is 11.9. The molecular weight excluding hydrogens is 396 g/mol. The predicted molar refractivity (Wildman–Crippen MR) is 138 cm³/mol. The van der Waals surface area contributed by atoms with Gasteiger partial charge in [0.15, 0.2) is 0 Å². The fourth-order valence-electron chi connectivity index (χ4n) is 4.84. The van der Waals surface area contributed by atoms with E-state index in [0.717, 1.165) is 25.7 Å². The minimum absolute atomic E-state index is 0.310. The van der Waals surface area contributed by atoms with Gasteiger partial charge < -0.3 is 0 Å². The van der Waals surface area contributed by atoms with E-state index in [4.69, 9.17) is 0 Å². The molecule has 4 aromatic carbocycles. The highest BCUT2D eigenvalue weighted by atomic mass is 14.3. The fraction of sp³-hybridized carbons (Fsp3) is 0.152. The number of rotatable bonds is 8. The van der Waals surface area contributed by atoms with Gasteiger partial charge in [0, 0.05) is 5.92 Å². The molecule has 0 amide bonds. The summed E-state index contributed by atoms with van der Waals surface area (Å²) in [6.45, 7) is 0. The van der Waals surface area contributed by atoms with Crippen molar-refractivity contribution in [2.24, 2.45) is 5.92 Å². The van der Waals surface area contributed by atoms with Gasteiger partial charge in [-0.05, 0) is 65.2 Å². The van der Waals surface area contributed by atoms with Gasteiger partial charge in [0.1, 0.15) is 0 Å². The van der Waals surface area contributed by atoms with Gasteiger partial charge >= 0.3 is 0 Å². The number of hydrogen-bond acceptors (Lipinski definition) is 0. The smallest absolute Gasteiger partial charge is 0.0104 e. The lowest BCUT2D eigenvalue weighted by atomic mass is 9.87. The third-order valence-corrected chi connectivity index (χ3v) is 6.49. The number of hydrogen-bond donors (Lipinski definition) is 0. The number of benzene rings is 4. The molecule has 0 aliphatic heterocycles. The second kappa shape index (κ2) is 10.3. The summed E-state index contributed by atoms with van der Waals surface area (Å²) in [4.78, 5) is 0. The van der Waals surface area contributed by atoms with Gasteiger partial charge in [-0.3, -0.25) is 0 Å². The van der Waals surface area contributed by atoms with E-state index in [9.17, 15) is 0 Å². The van der Waals surface area contributed by atoms with E-state index in [0.29, 0.717) is 5.92 Å². The molecule has 0 fully saturated rings. The van der Waals surface area contributed by atoms with Crippen LogP contribution in [0.4, 0.5) is 0 Å². The Morgan fingerprint density at radius 1 is 0.455 bits per heavy atom.